The van der Waals surface area contributed by atoms with Crippen molar-refractivity contribution in [2.24, 2.45) is 17.8 Å². The van der Waals surface area contributed by atoms with Gasteiger partial charge in [-0.25, -0.2) is 18.2 Å². The highest BCUT2D eigenvalue weighted by Gasteiger charge is 2.62. The van der Waals surface area contributed by atoms with Gasteiger partial charge in [0, 0.05) is 41.0 Å². The number of carbonyl (C=O) groups excluding carboxylic acids is 4. The Balaban J connectivity index is 1.19. The van der Waals surface area contributed by atoms with Crippen molar-refractivity contribution in [1.82, 2.24) is 25.2 Å². The molecule has 3 aliphatic carbocycles. The van der Waals surface area contributed by atoms with Crippen LogP contribution in [0, 0.1) is 17.8 Å². The second-order valence-corrected chi connectivity index (χ2v) is 19.3. The third-order valence-electron chi connectivity index (χ3n) is 12.9. The molecule has 4 amide bonds. The first kappa shape index (κ1) is 42.3. The second-order valence-electron chi connectivity index (χ2n) is 17.4. The molecule has 1 aromatic heterocycles. The summed E-state index contributed by atoms with van der Waals surface area (Å²) in [6.07, 6.45) is 10.9. The number of carbonyl (C=O) groups is 4. The summed E-state index contributed by atoms with van der Waals surface area (Å²) >= 11 is 0. The molecule has 14 nitrogen and oxygen atoms in total. The molecule has 4 bridgehead atoms. The quantitative estimate of drug-likeness (QED) is 0.215. The van der Waals surface area contributed by atoms with Gasteiger partial charge in [0.1, 0.15) is 35.2 Å². The first-order chi connectivity index (χ1) is 29.4. The van der Waals surface area contributed by atoms with Crippen LogP contribution in [0.4, 0.5) is 4.79 Å². The van der Waals surface area contributed by atoms with Crippen molar-refractivity contribution in [2.45, 2.75) is 107 Å². The molecule has 3 aromatic rings. The van der Waals surface area contributed by atoms with Gasteiger partial charge in [-0.2, -0.15) is 0 Å². The van der Waals surface area contributed by atoms with Crippen molar-refractivity contribution in [3.8, 4) is 22.8 Å². The molecule has 2 aromatic carbocycles. The van der Waals surface area contributed by atoms with E-state index in [0.29, 0.717) is 53.8 Å². The predicted octanol–water partition coefficient (Wildman–Crippen LogP) is 6.05. The van der Waals surface area contributed by atoms with E-state index in [1.807, 2.05) is 61.5 Å². The van der Waals surface area contributed by atoms with Crippen LogP contribution in [0.2, 0.25) is 0 Å². The SMILES string of the molecule is C=C[C@H]1C[C@]1(NC(=O)[C@@H]1C[C@@H]2CN1C(=O)[C@H](C1CCCCC1)NC(=O)OCC(C)CC/C=C/c1cc3c(cc(-c4ccccc4)nc3cc1OC)O2)C(=O)NS(=O)(=O)C1CC1. The first-order valence-corrected chi connectivity index (χ1v) is 23.1. The van der Waals surface area contributed by atoms with Crippen LogP contribution in [-0.4, -0.2) is 91.4 Å². The molecule has 61 heavy (non-hydrogen) atoms. The highest BCUT2D eigenvalue weighted by atomic mass is 32.2. The minimum Gasteiger partial charge on any atom is -0.496 e. The molecule has 3 saturated carbocycles. The van der Waals surface area contributed by atoms with Gasteiger partial charge in [0.25, 0.3) is 5.91 Å². The van der Waals surface area contributed by atoms with E-state index in [4.69, 9.17) is 19.2 Å². The molecule has 3 heterocycles. The zero-order chi connectivity index (χ0) is 42.9. The van der Waals surface area contributed by atoms with E-state index in [0.717, 1.165) is 43.2 Å². The Hall–Kier alpha value is -5.44. The number of cyclic esters (lactones) is 1. The van der Waals surface area contributed by atoms with Gasteiger partial charge in [0.2, 0.25) is 21.8 Å². The number of sulfonamides is 1. The number of nitrogens with one attached hydrogen (secondary N) is 3. The van der Waals surface area contributed by atoms with Crippen LogP contribution in [-0.2, 0) is 29.1 Å². The third kappa shape index (κ3) is 9.12. The van der Waals surface area contributed by atoms with Crippen molar-refractivity contribution in [3.63, 3.8) is 0 Å². The van der Waals surface area contributed by atoms with Crippen LogP contribution in [0.15, 0.2) is 67.3 Å². The fraction of sp³-hybridized carbons (Fsp3) is 0.500. The van der Waals surface area contributed by atoms with Crippen molar-refractivity contribution in [2.75, 3.05) is 20.3 Å². The van der Waals surface area contributed by atoms with Gasteiger partial charge in [-0.15, -0.1) is 6.58 Å². The molecular weight excluding hydrogens is 799 g/mol. The maximum Gasteiger partial charge on any atom is 0.407 e. The number of fused-ring (bicyclic) bond motifs is 3. The van der Waals surface area contributed by atoms with Crippen LogP contribution in [0.1, 0.15) is 83.1 Å². The largest absolute Gasteiger partial charge is 0.496 e. The standard InChI is InChI=1S/C46H55N5O9S/c1-4-32-25-46(32,44(54)50-61(56,57)34-19-20-34)49-42(52)38-22-33-26-51(38)43(53)41(30-16-9-6-10-17-30)48-45(55)59-27-28(2)13-11-12-18-31-21-35-37(24-39(31)58-3)47-36(23-40(35)60-33)29-14-7-5-8-15-29/h4-5,7-8,12,14-15,18,21,23-24,28,30,32-34,38,41H,1,6,9-11,13,16-17,19-20,22,25-27H2,2-3H3,(H,48,55)(H,49,52)(H,50,54)/b18-12+/t28?,32-,33+,38-,41-,46+/m0/s1. The fourth-order valence-corrected chi connectivity index (χ4v) is 10.4. The van der Waals surface area contributed by atoms with Gasteiger partial charge in [-0.3, -0.25) is 19.1 Å². The van der Waals surface area contributed by atoms with Crippen molar-refractivity contribution >= 4 is 50.8 Å². The van der Waals surface area contributed by atoms with E-state index in [1.165, 1.54) is 11.0 Å². The summed E-state index contributed by atoms with van der Waals surface area (Å²) < 4.78 is 46.4. The maximum absolute atomic E-state index is 15.0. The highest BCUT2D eigenvalue weighted by Crippen LogP contribution is 2.46. The van der Waals surface area contributed by atoms with Gasteiger partial charge in [0.05, 0.1) is 36.7 Å². The average molecular weight is 854 g/mol. The topological polar surface area (TPSA) is 182 Å². The van der Waals surface area contributed by atoms with E-state index < -0.39 is 68.7 Å². The average Bonchev–Trinajstić information content (AvgIpc) is 4.20. The van der Waals surface area contributed by atoms with Crippen LogP contribution >= 0.6 is 0 Å². The molecule has 0 radical (unpaired) electrons. The number of nitrogens with zero attached hydrogens (tertiary/aromatic N) is 2. The normalized spacial score (nSPS) is 28.0. The number of hydrogen-bond acceptors (Lipinski definition) is 10. The lowest BCUT2D eigenvalue weighted by Crippen LogP contribution is -2.59. The minimum atomic E-state index is -3.92. The molecule has 4 fully saturated rings. The van der Waals surface area contributed by atoms with Crippen LogP contribution in [0.25, 0.3) is 28.2 Å². The molecule has 15 heteroatoms. The monoisotopic (exact) mass is 853 g/mol. The van der Waals surface area contributed by atoms with Crippen molar-refractivity contribution in [1.29, 1.82) is 0 Å². The van der Waals surface area contributed by atoms with E-state index in [9.17, 15) is 22.8 Å². The Labute approximate surface area is 356 Å². The Morgan fingerprint density at radius 2 is 1.82 bits per heavy atom. The smallest absolute Gasteiger partial charge is 0.407 e. The van der Waals surface area contributed by atoms with Gasteiger partial charge < -0.3 is 29.7 Å². The summed E-state index contributed by atoms with van der Waals surface area (Å²) in [5.41, 5.74) is 1.38. The number of alkyl carbamates (subject to hydrolysis) is 1. The van der Waals surface area contributed by atoms with Crippen LogP contribution in [0.5, 0.6) is 11.5 Å². The molecule has 5 aliphatic rings. The number of amides is 4. The van der Waals surface area contributed by atoms with E-state index in [1.54, 1.807) is 7.11 Å². The number of allylic oxidation sites excluding steroid dienone is 1. The molecular formula is C46H55N5O9S. The van der Waals surface area contributed by atoms with E-state index in [-0.39, 0.29) is 37.8 Å². The lowest BCUT2D eigenvalue weighted by molar-refractivity contribution is -0.142. The molecule has 2 aliphatic heterocycles. The number of aromatic nitrogens is 1. The third-order valence-corrected chi connectivity index (χ3v) is 14.7. The molecule has 1 unspecified atom stereocenters. The lowest BCUT2D eigenvalue weighted by atomic mass is 9.83. The van der Waals surface area contributed by atoms with Crippen molar-refractivity contribution < 1.29 is 41.8 Å². The number of hydrogen-bond donors (Lipinski definition) is 3. The number of methoxy groups -OCH3 is 1. The summed E-state index contributed by atoms with van der Waals surface area (Å²) in [6.45, 7) is 5.97. The number of benzene rings is 2. The molecule has 1 saturated heterocycles. The van der Waals surface area contributed by atoms with Crippen LogP contribution in [0.3, 0.4) is 0 Å². The summed E-state index contributed by atoms with van der Waals surface area (Å²) in [6, 6.07) is 13.3. The molecule has 324 valence electrons. The summed E-state index contributed by atoms with van der Waals surface area (Å²) in [7, 11) is -2.31. The van der Waals surface area contributed by atoms with Gasteiger partial charge in [-0.05, 0) is 62.8 Å². The second kappa shape index (κ2) is 17.5. The molecule has 6 atom stereocenters. The molecule has 3 N–H and O–H groups in total. The molecule has 0 spiro atoms. The minimum absolute atomic E-state index is 0.0125. The zero-order valence-electron chi connectivity index (χ0n) is 34.8. The van der Waals surface area contributed by atoms with Crippen LogP contribution < -0.4 is 24.8 Å². The fourth-order valence-electron chi connectivity index (χ4n) is 9.06. The number of pyridine rings is 1. The van der Waals surface area contributed by atoms with E-state index >= 15 is 4.79 Å². The summed E-state index contributed by atoms with van der Waals surface area (Å²) in [5, 5.41) is 5.84. The lowest BCUT2D eigenvalue weighted by Gasteiger charge is -2.34. The Kier molecular flexibility index (Phi) is 12.1. The number of rotatable bonds is 9. The first-order valence-electron chi connectivity index (χ1n) is 21.5. The summed E-state index contributed by atoms with van der Waals surface area (Å²) in [4.78, 5) is 63.4. The van der Waals surface area contributed by atoms with E-state index in [2.05, 4.69) is 28.0 Å². The summed E-state index contributed by atoms with van der Waals surface area (Å²) in [5.74, 6) is -1.49. The van der Waals surface area contributed by atoms with Crippen molar-refractivity contribution in [3.05, 3.63) is 72.8 Å². The predicted molar refractivity (Wildman–Crippen MR) is 230 cm³/mol. The Bertz CT molecular complexity index is 2330. The van der Waals surface area contributed by atoms with Gasteiger partial charge in [0.15, 0.2) is 0 Å². The maximum atomic E-state index is 15.0. The molecule has 8 rings (SSSR count). The zero-order valence-corrected chi connectivity index (χ0v) is 35.6. The Morgan fingerprint density at radius 3 is 2.52 bits per heavy atom. The Morgan fingerprint density at radius 1 is 1.05 bits per heavy atom. The highest BCUT2D eigenvalue weighted by molar-refractivity contribution is 7.91. The van der Waals surface area contributed by atoms with Gasteiger partial charge in [-0.1, -0.05) is 74.7 Å². The number of ether oxygens (including phenoxy) is 3. The van der Waals surface area contributed by atoms with Gasteiger partial charge >= 0.3 is 6.09 Å².